The number of carbonyl (C=O) groups excluding carboxylic acids is 2. The van der Waals surface area contributed by atoms with E-state index in [4.69, 9.17) is 9.47 Å². The fraction of sp³-hybridized carbons (Fsp3) is 0.955. The first-order chi connectivity index (χ1) is 25.5. The molecule has 0 aromatic rings. The highest BCUT2D eigenvalue weighted by atomic mass is 32.2. The lowest BCUT2D eigenvalue weighted by Gasteiger charge is -2.33. The largest absolute Gasteiger partial charge is 0.748 e. The number of carbonyl (C=O) groups is 2. The van der Waals surface area contributed by atoms with Crippen LogP contribution in [0.3, 0.4) is 0 Å². The maximum absolute atomic E-state index is 12.8. The van der Waals surface area contributed by atoms with Crippen LogP contribution in [-0.4, -0.2) is 75.0 Å². The predicted molar refractivity (Wildman–Crippen MR) is 221 cm³/mol. The van der Waals surface area contributed by atoms with Crippen LogP contribution < -0.4 is 0 Å². The van der Waals surface area contributed by atoms with Gasteiger partial charge in [-0.2, -0.15) is 0 Å². The Morgan fingerprint density at radius 1 is 0.509 bits per heavy atom. The van der Waals surface area contributed by atoms with Crippen LogP contribution in [0.15, 0.2) is 0 Å². The molecule has 0 aliphatic rings. The van der Waals surface area contributed by atoms with E-state index in [2.05, 4.69) is 13.8 Å². The van der Waals surface area contributed by atoms with Gasteiger partial charge in [0, 0.05) is 25.0 Å². The van der Waals surface area contributed by atoms with Gasteiger partial charge in [0.05, 0.1) is 30.8 Å². The van der Waals surface area contributed by atoms with E-state index < -0.39 is 22.0 Å². The number of esters is 2. The van der Waals surface area contributed by atoms with Gasteiger partial charge in [-0.1, -0.05) is 194 Å². The van der Waals surface area contributed by atoms with Gasteiger partial charge in [0.25, 0.3) is 0 Å². The van der Waals surface area contributed by atoms with Crippen molar-refractivity contribution in [3.8, 4) is 0 Å². The lowest BCUT2D eigenvalue weighted by atomic mass is 10.0. The quantitative estimate of drug-likeness (QED) is 0.0263. The molecule has 0 saturated heterocycles. The van der Waals surface area contributed by atoms with Crippen LogP contribution in [0.5, 0.6) is 0 Å². The third-order valence-electron chi connectivity index (χ3n) is 10.6. The van der Waals surface area contributed by atoms with E-state index in [0.717, 1.165) is 38.5 Å². The highest BCUT2D eigenvalue weighted by Crippen LogP contribution is 2.16. The lowest BCUT2D eigenvalue weighted by molar-refractivity contribution is -0.893. The molecule has 0 aliphatic heterocycles. The third kappa shape index (κ3) is 40.3. The zero-order valence-corrected chi connectivity index (χ0v) is 36.3. The Kier molecular flexibility index (Phi) is 35.6. The molecule has 0 radical (unpaired) electrons. The molecule has 9 heteroatoms. The summed E-state index contributed by atoms with van der Waals surface area (Å²) in [6.45, 7) is 5.32. The molecule has 0 saturated carbocycles. The number of nitrogens with zero attached hydrogens (tertiary/aromatic N) is 1. The molecule has 316 valence electrons. The molecular formula is C44H87NO7S. The minimum atomic E-state index is -4.29. The van der Waals surface area contributed by atoms with Crippen molar-refractivity contribution in [3.05, 3.63) is 0 Å². The van der Waals surface area contributed by atoms with Gasteiger partial charge in [-0.25, -0.2) is 8.42 Å². The summed E-state index contributed by atoms with van der Waals surface area (Å²) in [6.07, 6.45) is 38.3. The number of hydrogen-bond acceptors (Lipinski definition) is 7. The van der Waals surface area contributed by atoms with E-state index >= 15 is 0 Å². The molecule has 0 fully saturated rings. The van der Waals surface area contributed by atoms with Crippen LogP contribution in [0, 0.1) is 0 Å². The van der Waals surface area contributed by atoms with Gasteiger partial charge in [-0.15, -0.1) is 0 Å². The van der Waals surface area contributed by atoms with Crippen molar-refractivity contribution in [2.24, 2.45) is 0 Å². The number of rotatable bonds is 41. The molecule has 8 nitrogen and oxygen atoms in total. The van der Waals surface area contributed by atoms with E-state index in [0.29, 0.717) is 30.4 Å². The smallest absolute Gasteiger partial charge is 0.306 e. The van der Waals surface area contributed by atoms with Gasteiger partial charge in [0.15, 0.2) is 6.10 Å². The van der Waals surface area contributed by atoms with Crippen LogP contribution in [0.4, 0.5) is 0 Å². The van der Waals surface area contributed by atoms with Crippen LogP contribution in [0.1, 0.15) is 226 Å². The Hall–Kier alpha value is -1.19. The van der Waals surface area contributed by atoms with Crippen LogP contribution in [0.25, 0.3) is 0 Å². The normalized spacial score (nSPS) is 12.6. The summed E-state index contributed by atoms with van der Waals surface area (Å²) in [5.41, 5.74) is 0. The van der Waals surface area contributed by atoms with Crippen molar-refractivity contribution in [1.82, 2.24) is 0 Å². The van der Waals surface area contributed by atoms with Crippen molar-refractivity contribution in [1.29, 1.82) is 0 Å². The monoisotopic (exact) mass is 774 g/mol. The Labute approximate surface area is 329 Å². The maximum Gasteiger partial charge on any atom is 0.306 e. The van der Waals surface area contributed by atoms with Gasteiger partial charge < -0.3 is 18.5 Å². The Morgan fingerprint density at radius 3 is 1.17 bits per heavy atom. The fourth-order valence-electron chi connectivity index (χ4n) is 7.22. The first-order valence-corrected chi connectivity index (χ1v) is 24.2. The molecule has 0 aliphatic carbocycles. The van der Waals surface area contributed by atoms with Crippen LogP contribution >= 0.6 is 0 Å². The molecule has 0 N–H and O–H groups in total. The maximum atomic E-state index is 12.8. The molecule has 0 aromatic heterocycles. The highest BCUT2D eigenvalue weighted by Gasteiger charge is 2.26. The molecule has 0 spiro atoms. The number of quaternary nitrogens is 1. The van der Waals surface area contributed by atoms with Gasteiger partial charge in [-0.05, 0) is 12.8 Å². The topological polar surface area (TPSA) is 110 Å². The number of hydrogen-bond donors (Lipinski definition) is 0. The first-order valence-electron chi connectivity index (χ1n) is 22.6. The van der Waals surface area contributed by atoms with Gasteiger partial charge in [0.1, 0.15) is 13.2 Å². The summed E-state index contributed by atoms with van der Waals surface area (Å²) >= 11 is 0. The van der Waals surface area contributed by atoms with E-state index in [1.165, 1.54) is 154 Å². The molecule has 0 bridgehead atoms. The van der Waals surface area contributed by atoms with E-state index in [1.807, 2.05) is 14.1 Å². The summed E-state index contributed by atoms with van der Waals surface area (Å²) in [6, 6.07) is 0. The summed E-state index contributed by atoms with van der Waals surface area (Å²) in [5, 5.41) is 0. The minimum absolute atomic E-state index is 0.0102. The van der Waals surface area contributed by atoms with Gasteiger partial charge >= 0.3 is 11.9 Å². The zero-order chi connectivity index (χ0) is 39.3. The van der Waals surface area contributed by atoms with Crippen molar-refractivity contribution in [2.75, 3.05) is 39.5 Å². The Morgan fingerprint density at radius 2 is 0.830 bits per heavy atom. The third-order valence-corrected chi connectivity index (χ3v) is 11.3. The summed E-state index contributed by atoms with van der Waals surface area (Å²) < 4.78 is 45.1. The van der Waals surface area contributed by atoms with Crippen LogP contribution in [-0.2, 0) is 29.2 Å². The summed E-state index contributed by atoms with van der Waals surface area (Å²) in [5.74, 6) is -0.983. The molecule has 0 rings (SSSR count). The number of likely N-dealkylation sites (N-methyl/N-ethyl adjacent to an activating group) is 1. The van der Waals surface area contributed by atoms with Crippen molar-refractivity contribution >= 4 is 22.1 Å². The van der Waals surface area contributed by atoms with E-state index in [1.54, 1.807) is 0 Å². The molecule has 0 amide bonds. The second-order valence-corrected chi connectivity index (χ2v) is 18.2. The van der Waals surface area contributed by atoms with Crippen LogP contribution in [0.2, 0.25) is 0 Å². The van der Waals surface area contributed by atoms with Gasteiger partial charge in [0.2, 0.25) is 0 Å². The average molecular weight is 774 g/mol. The average Bonchev–Trinajstić information content (AvgIpc) is 3.09. The van der Waals surface area contributed by atoms with E-state index in [9.17, 15) is 22.6 Å². The van der Waals surface area contributed by atoms with E-state index in [-0.39, 0.29) is 25.0 Å². The number of unbranched alkanes of at least 4 members (excludes halogenated alkanes) is 28. The molecule has 53 heavy (non-hydrogen) atoms. The molecule has 1 atom stereocenters. The first kappa shape index (κ1) is 51.8. The zero-order valence-electron chi connectivity index (χ0n) is 35.5. The fourth-order valence-corrected chi connectivity index (χ4v) is 7.70. The van der Waals surface area contributed by atoms with Crippen molar-refractivity contribution in [3.63, 3.8) is 0 Å². The molecule has 0 heterocycles. The highest BCUT2D eigenvalue weighted by molar-refractivity contribution is 7.85. The molecular weight excluding hydrogens is 687 g/mol. The standard InChI is InChI=1S/C44H87NO7S/c1-5-7-9-11-13-15-17-19-21-23-25-27-29-31-33-36-43(46)51-41-42(40-45(3,4)38-35-39-53(48,49)50)52-44(47)37-34-32-30-28-26-24-22-20-18-16-14-12-10-8-6-2/h42H,5-41H2,1-4H3. The Bertz CT molecular complexity index is 940. The van der Waals surface area contributed by atoms with Crippen molar-refractivity contribution in [2.45, 2.75) is 232 Å². The molecule has 0 aromatic carbocycles. The predicted octanol–water partition coefficient (Wildman–Crippen LogP) is 12.0. The minimum Gasteiger partial charge on any atom is -0.748 e. The lowest BCUT2D eigenvalue weighted by Crippen LogP contribution is -2.49. The van der Waals surface area contributed by atoms with Crippen molar-refractivity contribution < 1.29 is 36.5 Å². The summed E-state index contributed by atoms with van der Waals surface area (Å²) in [7, 11) is -0.471. The second-order valence-electron chi connectivity index (χ2n) is 16.7. The Balaban J connectivity index is 4.28. The summed E-state index contributed by atoms with van der Waals surface area (Å²) in [4.78, 5) is 25.4. The molecule has 1 unspecified atom stereocenters. The number of ether oxygens (including phenoxy) is 2. The van der Waals surface area contributed by atoms with Gasteiger partial charge in [-0.3, -0.25) is 9.59 Å². The SMILES string of the molecule is CCCCCCCCCCCCCCCCCC(=O)OCC(C[N+](C)(C)CCCS(=O)(=O)[O-])OC(=O)CCCCCCCCCCCCCCCCC. The second kappa shape index (κ2) is 36.4.